The Morgan fingerprint density at radius 1 is 1.38 bits per heavy atom. The fraction of sp³-hybridized carbons (Fsp3) is 0.909. The molecule has 0 bridgehead atoms. The van der Waals surface area contributed by atoms with Crippen molar-refractivity contribution in [1.29, 1.82) is 0 Å². The van der Waals surface area contributed by atoms with Gasteiger partial charge in [-0.3, -0.25) is 0 Å². The van der Waals surface area contributed by atoms with Crippen LogP contribution in [0.1, 0.15) is 45.4 Å². The first-order valence-electron chi connectivity index (χ1n) is 5.36. The molecule has 0 amide bonds. The molecule has 0 spiro atoms. The summed E-state index contributed by atoms with van der Waals surface area (Å²) in [5.74, 6) is 1.20. The van der Waals surface area contributed by atoms with Gasteiger partial charge in [0.2, 0.25) is 0 Å². The molecule has 2 heteroatoms. The van der Waals surface area contributed by atoms with Crippen molar-refractivity contribution in [1.82, 2.24) is 0 Å². The highest BCUT2D eigenvalue weighted by Gasteiger charge is 2.16. The molecule has 0 aliphatic heterocycles. The van der Waals surface area contributed by atoms with E-state index < -0.39 is 0 Å². The van der Waals surface area contributed by atoms with Gasteiger partial charge in [-0.2, -0.15) is 0 Å². The van der Waals surface area contributed by atoms with Gasteiger partial charge in [0.25, 0.3) is 0 Å². The third-order valence-corrected chi connectivity index (χ3v) is 2.71. The standard InChI is InChI=1S/C11H20O2/c1-10(12)4-3-8-13-9-7-11-5-2-6-11/h11H,2-9H2,1H3. The second-order valence-electron chi connectivity index (χ2n) is 4.00. The van der Waals surface area contributed by atoms with Crippen LogP contribution in [0.4, 0.5) is 0 Å². The smallest absolute Gasteiger partial charge is 0.129 e. The van der Waals surface area contributed by atoms with E-state index in [0.717, 1.165) is 25.6 Å². The zero-order valence-electron chi connectivity index (χ0n) is 8.55. The average molecular weight is 184 g/mol. The molecule has 0 radical (unpaired) electrons. The molecule has 0 saturated heterocycles. The van der Waals surface area contributed by atoms with Crippen molar-refractivity contribution in [3.05, 3.63) is 0 Å². The van der Waals surface area contributed by atoms with Gasteiger partial charge in [-0.1, -0.05) is 19.3 Å². The summed E-state index contributed by atoms with van der Waals surface area (Å²) < 4.78 is 5.44. The first-order chi connectivity index (χ1) is 6.29. The molecule has 13 heavy (non-hydrogen) atoms. The van der Waals surface area contributed by atoms with Gasteiger partial charge < -0.3 is 9.53 Å². The van der Waals surface area contributed by atoms with Crippen molar-refractivity contribution in [3.8, 4) is 0 Å². The lowest BCUT2D eigenvalue weighted by molar-refractivity contribution is -0.117. The van der Waals surface area contributed by atoms with Crippen LogP contribution in [0, 0.1) is 5.92 Å². The van der Waals surface area contributed by atoms with E-state index in [9.17, 15) is 4.79 Å². The van der Waals surface area contributed by atoms with Gasteiger partial charge in [0, 0.05) is 19.6 Å². The summed E-state index contributed by atoms with van der Waals surface area (Å²) >= 11 is 0. The highest BCUT2D eigenvalue weighted by atomic mass is 16.5. The fourth-order valence-electron chi connectivity index (χ4n) is 1.56. The Hall–Kier alpha value is -0.370. The summed E-state index contributed by atoms with van der Waals surface area (Å²) in [5.41, 5.74) is 0. The van der Waals surface area contributed by atoms with Crippen LogP contribution >= 0.6 is 0 Å². The summed E-state index contributed by atoms with van der Waals surface area (Å²) in [6.07, 6.45) is 6.99. The van der Waals surface area contributed by atoms with Gasteiger partial charge in [-0.15, -0.1) is 0 Å². The number of ether oxygens (including phenoxy) is 1. The summed E-state index contributed by atoms with van der Waals surface area (Å²) in [5, 5.41) is 0. The van der Waals surface area contributed by atoms with Crippen molar-refractivity contribution in [3.63, 3.8) is 0 Å². The first kappa shape index (κ1) is 10.7. The number of ketones is 1. The van der Waals surface area contributed by atoms with Crippen LogP contribution in [-0.4, -0.2) is 19.0 Å². The first-order valence-corrected chi connectivity index (χ1v) is 5.36. The Morgan fingerprint density at radius 2 is 2.15 bits per heavy atom. The molecular formula is C11H20O2. The quantitative estimate of drug-likeness (QED) is 0.568. The molecule has 1 rings (SSSR count). The summed E-state index contributed by atoms with van der Waals surface area (Å²) in [6, 6.07) is 0. The van der Waals surface area contributed by atoms with Crippen molar-refractivity contribution in [2.24, 2.45) is 5.92 Å². The minimum Gasteiger partial charge on any atom is -0.381 e. The lowest BCUT2D eigenvalue weighted by Gasteiger charge is -2.24. The minimum atomic E-state index is 0.266. The van der Waals surface area contributed by atoms with E-state index in [1.165, 1.54) is 25.7 Å². The SMILES string of the molecule is CC(=O)CCCOCCC1CCC1. The summed E-state index contributed by atoms with van der Waals surface area (Å²) in [6.45, 7) is 3.28. The third kappa shape index (κ3) is 5.04. The monoisotopic (exact) mass is 184 g/mol. The zero-order valence-corrected chi connectivity index (χ0v) is 8.55. The summed E-state index contributed by atoms with van der Waals surface area (Å²) in [4.78, 5) is 10.6. The molecule has 0 atom stereocenters. The number of Topliss-reactive ketones (excluding diaryl/α,β-unsaturated/α-hetero) is 1. The van der Waals surface area contributed by atoms with Crippen LogP contribution in [0.25, 0.3) is 0 Å². The average Bonchev–Trinajstić information content (AvgIpc) is 1.99. The van der Waals surface area contributed by atoms with Crippen molar-refractivity contribution < 1.29 is 9.53 Å². The normalized spacial score (nSPS) is 17.0. The van der Waals surface area contributed by atoms with Crippen molar-refractivity contribution in [2.45, 2.75) is 45.4 Å². The number of hydrogen-bond donors (Lipinski definition) is 0. The van der Waals surface area contributed by atoms with Crippen LogP contribution in [0.5, 0.6) is 0 Å². The van der Waals surface area contributed by atoms with Gasteiger partial charge in [0.1, 0.15) is 5.78 Å². The van der Waals surface area contributed by atoms with Crippen LogP contribution in [0.3, 0.4) is 0 Å². The zero-order chi connectivity index (χ0) is 9.52. The number of rotatable bonds is 7. The van der Waals surface area contributed by atoms with E-state index in [4.69, 9.17) is 4.74 Å². The number of hydrogen-bond acceptors (Lipinski definition) is 2. The third-order valence-electron chi connectivity index (χ3n) is 2.71. The molecule has 0 heterocycles. The van der Waals surface area contributed by atoms with E-state index in [2.05, 4.69) is 0 Å². The Labute approximate surface area is 80.7 Å². The molecule has 76 valence electrons. The highest BCUT2D eigenvalue weighted by Crippen LogP contribution is 2.29. The molecule has 1 aliphatic carbocycles. The molecule has 0 aromatic carbocycles. The Kier molecular flexibility index (Phi) is 5.06. The molecule has 0 aromatic rings. The maximum absolute atomic E-state index is 10.6. The van der Waals surface area contributed by atoms with E-state index in [0.29, 0.717) is 6.42 Å². The van der Waals surface area contributed by atoms with Gasteiger partial charge in [-0.05, 0) is 25.7 Å². The van der Waals surface area contributed by atoms with Gasteiger partial charge in [0.15, 0.2) is 0 Å². The molecule has 2 nitrogen and oxygen atoms in total. The van der Waals surface area contributed by atoms with Crippen LogP contribution in [0.15, 0.2) is 0 Å². The van der Waals surface area contributed by atoms with Gasteiger partial charge >= 0.3 is 0 Å². The maximum atomic E-state index is 10.6. The number of carbonyl (C=O) groups excluding carboxylic acids is 1. The van der Waals surface area contributed by atoms with Crippen LogP contribution in [-0.2, 0) is 9.53 Å². The Morgan fingerprint density at radius 3 is 2.69 bits per heavy atom. The molecule has 0 N–H and O–H groups in total. The van der Waals surface area contributed by atoms with E-state index in [1.807, 2.05) is 0 Å². The number of carbonyl (C=O) groups is 1. The predicted molar refractivity (Wildman–Crippen MR) is 52.7 cm³/mol. The predicted octanol–water partition coefficient (Wildman–Crippen LogP) is 2.56. The lowest BCUT2D eigenvalue weighted by Crippen LogP contribution is -2.13. The molecule has 0 aromatic heterocycles. The summed E-state index contributed by atoms with van der Waals surface area (Å²) in [7, 11) is 0. The lowest BCUT2D eigenvalue weighted by atomic mass is 9.83. The molecule has 1 aliphatic rings. The topological polar surface area (TPSA) is 26.3 Å². The highest BCUT2D eigenvalue weighted by molar-refractivity contribution is 5.75. The van der Waals surface area contributed by atoms with E-state index in [-0.39, 0.29) is 5.78 Å². The molecule has 1 saturated carbocycles. The van der Waals surface area contributed by atoms with Gasteiger partial charge in [-0.25, -0.2) is 0 Å². The minimum absolute atomic E-state index is 0.266. The second-order valence-corrected chi connectivity index (χ2v) is 4.00. The fourth-order valence-corrected chi connectivity index (χ4v) is 1.56. The molecule has 0 unspecified atom stereocenters. The second kappa shape index (κ2) is 6.14. The Bertz CT molecular complexity index is 150. The maximum Gasteiger partial charge on any atom is 0.129 e. The van der Waals surface area contributed by atoms with E-state index in [1.54, 1.807) is 6.92 Å². The van der Waals surface area contributed by atoms with Crippen LogP contribution < -0.4 is 0 Å². The Balaban J connectivity index is 1.75. The molecular weight excluding hydrogens is 164 g/mol. The van der Waals surface area contributed by atoms with Crippen molar-refractivity contribution in [2.75, 3.05) is 13.2 Å². The van der Waals surface area contributed by atoms with Crippen LogP contribution in [0.2, 0.25) is 0 Å². The van der Waals surface area contributed by atoms with Gasteiger partial charge in [0.05, 0.1) is 0 Å². The van der Waals surface area contributed by atoms with Crippen molar-refractivity contribution >= 4 is 5.78 Å². The largest absolute Gasteiger partial charge is 0.381 e. The van der Waals surface area contributed by atoms with E-state index >= 15 is 0 Å². The molecule has 1 fully saturated rings.